The van der Waals surface area contributed by atoms with Gasteiger partial charge in [-0.15, -0.1) is 22.7 Å². The van der Waals surface area contributed by atoms with E-state index in [0.29, 0.717) is 0 Å². The van der Waals surface area contributed by atoms with Gasteiger partial charge in [-0.05, 0) is 80.8 Å². The first-order valence-electron chi connectivity index (χ1n) is 11.0. The maximum Gasteiger partial charge on any atom is 0.0988 e. The van der Waals surface area contributed by atoms with Gasteiger partial charge in [-0.25, -0.2) is 0 Å². The Morgan fingerprint density at radius 2 is 1.10 bits per heavy atom. The van der Waals surface area contributed by atoms with E-state index >= 15 is 0 Å². The van der Waals surface area contributed by atoms with E-state index in [-0.39, 0.29) is 0 Å². The summed E-state index contributed by atoms with van der Waals surface area (Å²) in [7, 11) is 0. The first-order valence-corrected chi connectivity index (χ1v) is 14.2. The lowest BCUT2D eigenvalue weighted by molar-refractivity contribution is 0.667. The average molecular weight is 570 g/mol. The van der Waals surface area contributed by atoms with Gasteiger partial charge in [-0.2, -0.15) is 0 Å². The third-order valence-electron chi connectivity index (χ3n) is 5.27. The molecule has 162 valence electrons. The smallest absolute Gasteiger partial charge is 0.0988 e. The number of rotatable bonds is 12. The molecule has 0 atom stereocenters. The molecule has 0 unspecified atom stereocenters. The Balaban J connectivity index is 1.75. The molecule has 3 heterocycles. The molecule has 0 saturated carbocycles. The highest BCUT2D eigenvalue weighted by molar-refractivity contribution is 9.11. The van der Waals surface area contributed by atoms with Crippen LogP contribution in [0.25, 0.3) is 21.1 Å². The van der Waals surface area contributed by atoms with Gasteiger partial charge in [0.2, 0.25) is 0 Å². The molecule has 0 N–H and O–H groups in total. The Kier molecular flexibility index (Phi) is 10.0. The molecule has 0 bridgehead atoms. The van der Waals surface area contributed by atoms with Crippen LogP contribution in [-0.2, 0) is 12.8 Å². The highest BCUT2D eigenvalue weighted by Gasteiger charge is 2.15. The topological polar surface area (TPSA) is 25.8 Å². The molecular formula is C24H30Br2N2S2. The number of hydrogen-bond acceptors (Lipinski definition) is 4. The van der Waals surface area contributed by atoms with E-state index in [9.17, 15) is 0 Å². The number of hydrogen-bond donors (Lipinski definition) is 0. The molecule has 0 spiro atoms. The second kappa shape index (κ2) is 12.5. The lowest BCUT2D eigenvalue weighted by Crippen LogP contribution is -1.92. The van der Waals surface area contributed by atoms with E-state index in [0.717, 1.165) is 24.2 Å². The van der Waals surface area contributed by atoms with Gasteiger partial charge in [0.1, 0.15) is 0 Å². The van der Waals surface area contributed by atoms with E-state index in [1.165, 1.54) is 79.8 Å². The van der Waals surface area contributed by atoms with Crippen molar-refractivity contribution in [2.75, 3.05) is 0 Å². The van der Waals surface area contributed by atoms with Crippen LogP contribution in [0, 0.1) is 0 Å². The molecule has 0 aliphatic carbocycles. The van der Waals surface area contributed by atoms with Crippen LogP contribution in [0.5, 0.6) is 0 Å². The summed E-state index contributed by atoms with van der Waals surface area (Å²) in [5.74, 6) is 0. The molecule has 0 aliphatic heterocycles. The van der Waals surface area contributed by atoms with Gasteiger partial charge < -0.3 is 0 Å². The summed E-state index contributed by atoms with van der Waals surface area (Å²) >= 11 is 10.9. The van der Waals surface area contributed by atoms with Gasteiger partial charge in [0, 0.05) is 0 Å². The first kappa shape index (κ1) is 24.1. The highest BCUT2D eigenvalue weighted by Crippen LogP contribution is 2.38. The summed E-state index contributed by atoms with van der Waals surface area (Å²) < 4.78 is 2.34. The Morgan fingerprint density at radius 3 is 1.47 bits per heavy atom. The van der Waals surface area contributed by atoms with Crippen molar-refractivity contribution in [3.8, 4) is 21.1 Å². The summed E-state index contributed by atoms with van der Waals surface area (Å²) in [6, 6.07) is 4.51. The van der Waals surface area contributed by atoms with Crippen molar-refractivity contribution >= 4 is 54.5 Å². The Bertz CT molecular complexity index is 841. The second-order valence-corrected chi connectivity index (χ2v) is 12.6. The van der Waals surface area contributed by atoms with Crippen LogP contribution in [0.4, 0.5) is 0 Å². The number of halogens is 2. The lowest BCUT2D eigenvalue weighted by atomic mass is 10.1. The lowest BCUT2D eigenvalue weighted by Gasteiger charge is -2.06. The monoisotopic (exact) mass is 568 g/mol. The summed E-state index contributed by atoms with van der Waals surface area (Å²) in [4.78, 5) is 12.2. The third kappa shape index (κ3) is 6.72. The van der Waals surface area contributed by atoms with E-state index in [1.54, 1.807) is 22.7 Å². The van der Waals surface area contributed by atoms with E-state index < -0.39 is 0 Å². The molecule has 2 nitrogen and oxygen atoms in total. The molecule has 3 aromatic heterocycles. The Labute approximate surface area is 205 Å². The molecule has 3 aromatic rings. The summed E-state index contributed by atoms with van der Waals surface area (Å²) in [5, 5.41) is 0. The molecule has 30 heavy (non-hydrogen) atoms. The summed E-state index contributed by atoms with van der Waals surface area (Å²) in [6.45, 7) is 4.51. The minimum atomic E-state index is 0.986. The van der Waals surface area contributed by atoms with Crippen molar-refractivity contribution in [3.63, 3.8) is 0 Å². The molecule has 0 amide bonds. The largest absolute Gasteiger partial charge is 0.251 e. The van der Waals surface area contributed by atoms with Crippen molar-refractivity contribution in [2.24, 2.45) is 0 Å². The summed E-state index contributed by atoms with van der Waals surface area (Å²) in [6.07, 6.45) is 16.4. The molecular weight excluding hydrogens is 540 g/mol. The van der Waals surface area contributed by atoms with Gasteiger partial charge in [0.05, 0.1) is 41.1 Å². The molecule has 6 heteroatoms. The second-order valence-electron chi connectivity index (χ2n) is 7.72. The maximum absolute atomic E-state index is 4.82. The van der Waals surface area contributed by atoms with Crippen molar-refractivity contribution in [1.82, 2.24) is 9.97 Å². The molecule has 0 radical (unpaired) electrons. The minimum Gasteiger partial charge on any atom is -0.251 e. The predicted molar refractivity (Wildman–Crippen MR) is 140 cm³/mol. The fourth-order valence-electron chi connectivity index (χ4n) is 3.64. The van der Waals surface area contributed by atoms with E-state index in [2.05, 4.69) is 57.8 Å². The summed E-state index contributed by atoms with van der Waals surface area (Å²) in [5.41, 5.74) is 4.75. The number of nitrogens with zero attached hydrogens (tertiary/aromatic N) is 2. The van der Waals surface area contributed by atoms with Crippen LogP contribution in [0.15, 0.2) is 32.1 Å². The van der Waals surface area contributed by atoms with Crippen molar-refractivity contribution in [2.45, 2.75) is 78.1 Å². The fraction of sp³-hybridized carbons (Fsp3) is 0.500. The minimum absolute atomic E-state index is 0.986. The standard InChI is InChI=1S/C24H30Br2N2S2/c1-3-5-7-9-11-17-13-21(25)29-23(17)19-15-28-20(16-27-19)24-18(14-22(26)30-24)12-10-8-6-4-2/h13-16H,3-12H2,1-2H3. The number of aromatic nitrogens is 2. The average Bonchev–Trinajstić information content (AvgIpc) is 3.31. The van der Waals surface area contributed by atoms with Gasteiger partial charge in [0.25, 0.3) is 0 Å². The van der Waals surface area contributed by atoms with Crippen molar-refractivity contribution in [3.05, 3.63) is 43.2 Å². The zero-order valence-electron chi connectivity index (χ0n) is 17.8. The molecule has 0 aliphatic rings. The molecule has 0 fully saturated rings. The molecule has 3 rings (SSSR count). The Morgan fingerprint density at radius 1 is 0.667 bits per heavy atom. The third-order valence-corrected chi connectivity index (χ3v) is 8.68. The van der Waals surface area contributed by atoms with Crippen LogP contribution < -0.4 is 0 Å². The van der Waals surface area contributed by atoms with Gasteiger partial charge in [-0.1, -0.05) is 52.4 Å². The quantitative estimate of drug-likeness (QED) is 0.203. The highest BCUT2D eigenvalue weighted by atomic mass is 79.9. The van der Waals surface area contributed by atoms with E-state index in [1.807, 2.05) is 12.4 Å². The first-order chi connectivity index (χ1) is 14.6. The van der Waals surface area contributed by atoms with Crippen LogP contribution >= 0.6 is 54.5 Å². The normalized spacial score (nSPS) is 11.3. The van der Waals surface area contributed by atoms with E-state index in [4.69, 9.17) is 9.97 Å². The SMILES string of the molecule is CCCCCCc1cc(Br)sc1-c1cnc(-c2sc(Br)cc2CCCCCC)cn1. The van der Waals surface area contributed by atoms with Crippen LogP contribution in [0.1, 0.15) is 76.3 Å². The van der Waals surface area contributed by atoms with Crippen molar-refractivity contribution < 1.29 is 0 Å². The van der Waals surface area contributed by atoms with Crippen molar-refractivity contribution in [1.29, 1.82) is 0 Å². The fourth-order valence-corrected chi connectivity index (χ4v) is 6.96. The van der Waals surface area contributed by atoms with Gasteiger partial charge in [-0.3, -0.25) is 9.97 Å². The molecule has 0 aromatic carbocycles. The molecule has 0 saturated heterocycles. The zero-order chi connectivity index (χ0) is 21.3. The van der Waals surface area contributed by atoms with Crippen LogP contribution in [-0.4, -0.2) is 9.97 Å². The van der Waals surface area contributed by atoms with Gasteiger partial charge >= 0.3 is 0 Å². The number of unbranched alkanes of at least 4 members (excludes halogenated alkanes) is 6. The van der Waals surface area contributed by atoms with Gasteiger partial charge in [0.15, 0.2) is 0 Å². The number of thiophene rings is 2. The maximum atomic E-state index is 4.82. The predicted octanol–water partition coefficient (Wildman–Crippen LogP) is 9.70. The Hall–Kier alpha value is -0.560. The van der Waals surface area contributed by atoms with Crippen LogP contribution in [0.2, 0.25) is 0 Å². The zero-order valence-corrected chi connectivity index (χ0v) is 22.7. The number of aryl methyl sites for hydroxylation is 2. The van der Waals surface area contributed by atoms with Crippen LogP contribution in [0.3, 0.4) is 0 Å².